The standard InChI is InChI=1S/C22H30ClN3O5S/c1-32(28,29)26-16-9-10-22(11-16,21-24-17(12-23)13-30-21)14-31-18-7-5-15(6-8-18)19-3-2-4-20(27)25-19/h2-4,13,15-16,18,26H,5-12,14H2,1H3,(H,25,27). The summed E-state index contributed by atoms with van der Waals surface area (Å²) >= 11 is 5.91. The van der Waals surface area contributed by atoms with E-state index < -0.39 is 15.4 Å². The highest BCUT2D eigenvalue weighted by molar-refractivity contribution is 7.88. The summed E-state index contributed by atoms with van der Waals surface area (Å²) in [6.45, 7) is 0.425. The lowest BCUT2D eigenvalue weighted by atomic mass is 9.84. The minimum absolute atomic E-state index is 0.0661. The molecule has 176 valence electrons. The predicted octanol–water partition coefficient (Wildman–Crippen LogP) is 3.18. The smallest absolute Gasteiger partial charge is 0.248 e. The molecule has 2 atom stereocenters. The number of halogens is 1. The molecule has 2 fully saturated rings. The van der Waals surface area contributed by atoms with Crippen LogP contribution in [0.1, 0.15) is 68.1 Å². The third-order valence-electron chi connectivity index (χ3n) is 6.63. The van der Waals surface area contributed by atoms with Crippen molar-refractivity contribution in [1.29, 1.82) is 0 Å². The van der Waals surface area contributed by atoms with Crippen LogP contribution in [0.25, 0.3) is 0 Å². The van der Waals surface area contributed by atoms with E-state index in [2.05, 4.69) is 14.7 Å². The van der Waals surface area contributed by atoms with Crippen LogP contribution in [0.5, 0.6) is 0 Å². The minimum Gasteiger partial charge on any atom is -0.448 e. The first kappa shape index (κ1) is 23.5. The van der Waals surface area contributed by atoms with Crippen molar-refractivity contribution in [2.45, 2.75) is 74.3 Å². The number of aromatic amines is 1. The van der Waals surface area contributed by atoms with Crippen LogP contribution in [-0.4, -0.2) is 43.4 Å². The van der Waals surface area contributed by atoms with E-state index in [4.69, 9.17) is 20.8 Å². The summed E-state index contributed by atoms with van der Waals surface area (Å²) in [5.41, 5.74) is 1.11. The number of ether oxygens (including phenoxy) is 1. The molecular formula is C22H30ClN3O5S. The summed E-state index contributed by atoms with van der Waals surface area (Å²) in [6, 6.07) is 5.13. The molecule has 0 saturated heterocycles. The number of hydrogen-bond acceptors (Lipinski definition) is 6. The largest absolute Gasteiger partial charge is 0.448 e. The Hall–Kier alpha value is -1.68. The SMILES string of the molecule is CS(=O)(=O)NC1CCC(COC2CCC(c3cccc(=O)[nH]3)CC2)(c2nc(CCl)co2)C1. The molecule has 0 amide bonds. The molecule has 32 heavy (non-hydrogen) atoms. The number of H-pyrrole nitrogens is 1. The third-order valence-corrected chi connectivity index (χ3v) is 7.67. The highest BCUT2D eigenvalue weighted by Crippen LogP contribution is 2.42. The Morgan fingerprint density at radius 2 is 2.06 bits per heavy atom. The highest BCUT2D eigenvalue weighted by Gasteiger charge is 2.46. The van der Waals surface area contributed by atoms with Gasteiger partial charge in [-0.3, -0.25) is 4.79 Å². The van der Waals surface area contributed by atoms with Gasteiger partial charge in [0.1, 0.15) is 6.26 Å². The third kappa shape index (κ3) is 5.62. The van der Waals surface area contributed by atoms with Crippen LogP contribution in [0.4, 0.5) is 0 Å². The highest BCUT2D eigenvalue weighted by atomic mass is 35.5. The van der Waals surface area contributed by atoms with Gasteiger partial charge in [-0.1, -0.05) is 6.07 Å². The van der Waals surface area contributed by atoms with E-state index in [0.717, 1.165) is 37.8 Å². The Morgan fingerprint density at radius 1 is 1.28 bits per heavy atom. The molecule has 2 aromatic rings. The second-order valence-corrected chi connectivity index (χ2v) is 11.2. The molecule has 2 heterocycles. The molecule has 2 aromatic heterocycles. The summed E-state index contributed by atoms with van der Waals surface area (Å²) in [7, 11) is -3.30. The number of nitrogens with one attached hydrogen (secondary N) is 2. The predicted molar refractivity (Wildman–Crippen MR) is 121 cm³/mol. The lowest BCUT2D eigenvalue weighted by Crippen LogP contribution is -2.37. The number of sulfonamides is 1. The molecule has 2 saturated carbocycles. The van der Waals surface area contributed by atoms with E-state index in [9.17, 15) is 13.2 Å². The molecule has 8 nitrogen and oxygen atoms in total. The number of hydrogen-bond donors (Lipinski definition) is 2. The lowest BCUT2D eigenvalue weighted by molar-refractivity contribution is -0.0102. The molecule has 0 radical (unpaired) electrons. The zero-order valence-electron chi connectivity index (χ0n) is 18.2. The van der Waals surface area contributed by atoms with Crippen LogP contribution in [0, 0.1) is 0 Å². The maximum Gasteiger partial charge on any atom is 0.248 e. The number of alkyl halides is 1. The lowest BCUT2D eigenvalue weighted by Gasteiger charge is -2.32. The molecular weight excluding hydrogens is 454 g/mol. The second kappa shape index (κ2) is 9.67. The molecule has 0 aliphatic heterocycles. The van der Waals surface area contributed by atoms with E-state index >= 15 is 0 Å². The van der Waals surface area contributed by atoms with Gasteiger partial charge < -0.3 is 14.1 Å². The number of nitrogens with zero attached hydrogens (tertiary/aromatic N) is 1. The molecule has 0 bridgehead atoms. The van der Waals surface area contributed by atoms with Gasteiger partial charge in [0.05, 0.1) is 36.0 Å². The summed E-state index contributed by atoms with van der Waals surface area (Å²) in [6.07, 6.45) is 8.56. The molecule has 10 heteroatoms. The van der Waals surface area contributed by atoms with Crippen molar-refractivity contribution >= 4 is 21.6 Å². The molecule has 2 aliphatic carbocycles. The maximum atomic E-state index is 11.7. The summed E-state index contributed by atoms with van der Waals surface area (Å²) in [4.78, 5) is 19.1. The number of rotatable bonds is 8. The molecule has 2 unspecified atom stereocenters. The monoisotopic (exact) mass is 483 g/mol. The van der Waals surface area contributed by atoms with Gasteiger partial charge in [0, 0.05) is 17.8 Å². The average molecular weight is 484 g/mol. The summed E-state index contributed by atoms with van der Waals surface area (Å²) in [5.74, 6) is 1.17. The van der Waals surface area contributed by atoms with E-state index in [1.165, 1.54) is 12.3 Å². The summed E-state index contributed by atoms with van der Waals surface area (Å²) < 4.78 is 38.3. The van der Waals surface area contributed by atoms with Crippen molar-refractivity contribution in [3.05, 3.63) is 52.1 Å². The molecule has 2 N–H and O–H groups in total. The van der Waals surface area contributed by atoms with E-state index in [-0.39, 0.29) is 23.6 Å². The van der Waals surface area contributed by atoms with Crippen molar-refractivity contribution in [3.8, 4) is 0 Å². The quantitative estimate of drug-likeness (QED) is 0.557. The fourth-order valence-electron chi connectivity index (χ4n) is 5.05. The van der Waals surface area contributed by atoms with E-state index in [1.54, 1.807) is 12.3 Å². The molecule has 4 rings (SSSR count). The van der Waals surface area contributed by atoms with Gasteiger partial charge >= 0.3 is 0 Å². The van der Waals surface area contributed by atoms with E-state index in [0.29, 0.717) is 37.0 Å². The fraction of sp³-hybridized carbons (Fsp3) is 0.636. The van der Waals surface area contributed by atoms with Crippen molar-refractivity contribution in [2.24, 2.45) is 0 Å². The van der Waals surface area contributed by atoms with Crippen LogP contribution in [0.15, 0.2) is 33.7 Å². The molecule has 0 spiro atoms. The number of aromatic nitrogens is 2. The minimum atomic E-state index is -3.30. The first-order valence-electron chi connectivity index (χ1n) is 11.1. The van der Waals surface area contributed by atoms with Crippen molar-refractivity contribution in [3.63, 3.8) is 0 Å². The van der Waals surface area contributed by atoms with Gasteiger partial charge in [0.15, 0.2) is 0 Å². The van der Waals surface area contributed by atoms with Gasteiger partial charge in [0.2, 0.25) is 21.5 Å². The van der Waals surface area contributed by atoms with Gasteiger partial charge in [0.25, 0.3) is 0 Å². The zero-order valence-corrected chi connectivity index (χ0v) is 19.8. The van der Waals surface area contributed by atoms with Gasteiger partial charge in [-0.25, -0.2) is 18.1 Å². The first-order valence-corrected chi connectivity index (χ1v) is 13.5. The Morgan fingerprint density at radius 3 is 2.72 bits per heavy atom. The van der Waals surface area contributed by atoms with Gasteiger partial charge in [-0.2, -0.15) is 0 Å². The van der Waals surface area contributed by atoms with Crippen LogP contribution in [0.2, 0.25) is 0 Å². The van der Waals surface area contributed by atoms with Crippen molar-refractivity contribution < 1.29 is 17.6 Å². The van der Waals surface area contributed by atoms with Crippen LogP contribution in [-0.2, 0) is 26.1 Å². The van der Waals surface area contributed by atoms with Crippen LogP contribution >= 0.6 is 11.6 Å². The average Bonchev–Trinajstić information content (AvgIpc) is 3.39. The Kier molecular flexibility index (Phi) is 7.09. The molecule has 0 aromatic carbocycles. The first-order chi connectivity index (χ1) is 15.3. The zero-order chi connectivity index (χ0) is 22.8. The topological polar surface area (TPSA) is 114 Å². The fourth-order valence-corrected chi connectivity index (χ4v) is 5.98. The van der Waals surface area contributed by atoms with Gasteiger partial charge in [-0.15, -0.1) is 11.6 Å². The van der Waals surface area contributed by atoms with E-state index in [1.807, 2.05) is 6.07 Å². The van der Waals surface area contributed by atoms with Gasteiger partial charge in [-0.05, 0) is 56.9 Å². The number of oxazole rings is 1. The van der Waals surface area contributed by atoms with Crippen molar-refractivity contribution in [2.75, 3.05) is 12.9 Å². The van der Waals surface area contributed by atoms with Crippen LogP contribution < -0.4 is 10.3 Å². The van der Waals surface area contributed by atoms with Crippen LogP contribution in [0.3, 0.4) is 0 Å². The summed E-state index contributed by atoms with van der Waals surface area (Å²) in [5, 5.41) is 0. The number of pyridine rings is 1. The molecule has 2 aliphatic rings. The normalized spacial score (nSPS) is 28.8. The van der Waals surface area contributed by atoms with Crippen molar-refractivity contribution in [1.82, 2.24) is 14.7 Å². The Bertz CT molecular complexity index is 1080. The Balaban J connectivity index is 1.41. The Labute approximate surface area is 193 Å². The maximum absolute atomic E-state index is 11.7. The second-order valence-electron chi connectivity index (χ2n) is 9.14.